The van der Waals surface area contributed by atoms with Gasteiger partial charge in [-0.3, -0.25) is 4.79 Å². The predicted molar refractivity (Wildman–Crippen MR) is 155 cm³/mol. The van der Waals surface area contributed by atoms with Crippen molar-refractivity contribution in [2.75, 3.05) is 0 Å². The fourth-order valence-corrected chi connectivity index (χ4v) is 7.54. The number of benzene rings is 3. The van der Waals surface area contributed by atoms with Gasteiger partial charge in [0.15, 0.2) is 0 Å². The number of nitrogens with zero attached hydrogens (tertiary/aromatic N) is 1. The van der Waals surface area contributed by atoms with Crippen LogP contribution in [0.2, 0.25) is 25.1 Å². The number of carbonyl (C=O) groups excluding carboxylic acids is 2. The average Bonchev–Trinajstić information content (AvgIpc) is 3.37. The molecule has 12 heteroatoms. The summed E-state index contributed by atoms with van der Waals surface area (Å²) < 4.78 is 6.95. The highest BCUT2D eigenvalue weighted by atomic mass is 35.5. The Labute approximate surface area is 243 Å². The van der Waals surface area contributed by atoms with E-state index in [0.29, 0.717) is 41.9 Å². The summed E-state index contributed by atoms with van der Waals surface area (Å²) in [6, 6.07) is 15.1. The molecule has 5 aromatic rings. The van der Waals surface area contributed by atoms with Crippen LogP contribution in [-0.2, 0) is 0 Å². The van der Waals surface area contributed by atoms with Gasteiger partial charge in [-0.25, -0.2) is 10.2 Å². The molecule has 2 heterocycles. The Morgan fingerprint density at radius 2 is 1.49 bits per heavy atom. The molecular weight excluding hydrogens is 618 g/mol. The van der Waals surface area contributed by atoms with Crippen molar-refractivity contribution in [1.29, 1.82) is 0 Å². The van der Waals surface area contributed by atoms with Crippen LogP contribution in [0.5, 0.6) is 5.75 Å². The van der Waals surface area contributed by atoms with Gasteiger partial charge in [0.05, 0.1) is 26.3 Å². The van der Waals surface area contributed by atoms with E-state index in [2.05, 4.69) is 10.5 Å². The molecule has 186 valence electrons. The molecule has 0 aliphatic carbocycles. The fourth-order valence-electron chi connectivity index (χ4n) is 3.45. The number of ether oxygens (including phenoxy) is 1. The van der Waals surface area contributed by atoms with Gasteiger partial charge in [0, 0.05) is 25.2 Å². The van der Waals surface area contributed by atoms with Crippen molar-refractivity contribution in [3.63, 3.8) is 0 Å². The number of amides is 1. The zero-order chi connectivity index (χ0) is 26.3. The minimum Gasteiger partial charge on any atom is -0.422 e. The van der Waals surface area contributed by atoms with Crippen molar-refractivity contribution in [3.05, 3.63) is 95.0 Å². The molecule has 0 radical (unpaired) electrons. The molecule has 0 spiro atoms. The van der Waals surface area contributed by atoms with E-state index in [1.165, 1.54) is 17.6 Å². The van der Waals surface area contributed by atoms with Gasteiger partial charge >= 0.3 is 5.97 Å². The third-order valence-corrected chi connectivity index (χ3v) is 9.20. The van der Waals surface area contributed by atoms with Gasteiger partial charge in [-0.15, -0.1) is 22.7 Å². The van der Waals surface area contributed by atoms with E-state index in [1.54, 1.807) is 48.5 Å². The number of carbonyl (C=O) groups is 2. The van der Waals surface area contributed by atoms with Gasteiger partial charge in [0.25, 0.3) is 5.91 Å². The van der Waals surface area contributed by atoms with E-state index in [0.717, 1.165) is 16.0 Å². The first-order valence-electron chi connectivity index (χ1n) is 10.3. The lowest BCUT2D eigenvalue weighted by Gasteiger charge is -2.03. The molecule has 0 atom stereocenters. The normalized spacial score (nSPS) is 11.5. The monoisotopic (exact) mass is 626 g/mol. The summed E-state index contributed by atoms with van der Waals surface area (Å²) in [5.74, 6) is -0.753. The standard InChI is InChI=1S/C25H11Cl5N2O3S2/c26-12-8-15(28)19-17(9-12)37-22(20(19)29)24(33)32-31-10-11-4-6-13(7-5-11)35-25(34)23-21(30)18-14(27)2-1-3-16(18)36-23/h1-10H,(H,32,33). The highest BCUT2D eigenvalue weighted by Gasteiger charge is 2.21. The van der Waals surface area contributed by atoms with Crippen LogP contribution in [0.15, 0.2) is 59.7 Å². The number of hydrogen-bond acceptors (Lipinski definition) is 6. The fraction of sp³-hybridized carbons (Fsp3) is 0. The second-order valence-electron chi connectivity index (χ2n) is 7.52. The highest BCUT2D eigenvalue weighted by Crippen LogP contribution is 2.41. The number of fused-ring (bicyclic) bond motifs is 2. The molecule has 0 aliphatic rings. The van der Waals surface area contributed by atoms with E-state index in [-0.39, 0.29) is 19.8 Å². The zero-order valence-corrected chi connectivity index (χ0v) is 23.6. The Kier molecular flexibility index (Phi) is 7.65. The summed E-state index contributed by atoms with van der Waals surface area (Å²) in [5.41, 5.74) is 3.10. The maximum absolute atomic E-state index is 12.7. The van der Waals surface area contributed by atoms with Gasteiger partial charge in [0.1, 0.15) is 15.5 Å². The lowest BCUT2D eigenvalue weighted by molar-refractivity contribution is 0.0739. The van der Waals surface area contributed by atoms with Crippen molar-refractivity contribution < 1.29 is 14.3 Å². The van der Waals surface area contributed by atoms with Crippen molar-refractivity contribution in [3.8, 4) is 5.75 Å². The minimum absolute atomic E-state index is 0.238. The lowest BCUT2D eigenvalue weighted by atomic mass is 10.2. The summed E-state index contributed by atoms with van der Waals surface area (Å²) in [5, 5.41) is 6.96. The molecule has 0 bridgehead atoms. The van der Waals surface area contributed by atoms with Crippen LogP contribution in [0, 0.1) is 0 Å². The molecule has 0 aliphatic heterocycles. The molecule has 0 saturated carbocycles. The van der Waals surface area contributed by atoms with E-state index in [1.807, 2.05) is 6.07 Å². The van der Waals surface area contributed by atoms with Crippen molar-refractivity contribution in [2.45, 2.75) is 0 Å². The molecule has 1 N–H and O–H groups in total. The second kappa shape index (κ2) is 10.8. The van der Waals surface area contributed by atoms with Gasteiger partial charge < -0.3 is 4.74 Å². The van der Waals surface area contributed by atoms with Crippen LogP contribution in [0.1, 0.15) is 24.9 Å². The SMILES string of the molecule is O=C(NN=Cc1ccc(OC(=O)c2sc3cccc(Cl)c3c2Cl)cc1)c1sc2cc(Cl)cc(Cl)c2c1Cl. The Morgan fingerprint density at radius 1 is 0.811 bits per heavy atom. The molecule has 5 nitrogen and oxygen atoms in total. The highest BCUT2D eigenvalue weighted by molar-refractivity contribution is 7.22. The quantitative estimate of drug-likeness (QED) is 0.0913. The summed E-state index contributed by atoms with van der Waals surface area (Å²) >= 11 is 33.6. The molecule has 0 saturated heterocycles. The Bertz CT molecular complexity index is 1730. The second-order valence-corrected chi connectivity index (χ2v) is 11.6. The van der Waals surface area contributed by atoms with E-state index < -0.39 is 11.9 Å². The van der Waals surface area contributed by atoms with E-state index in [4.69, 9.17) is 62.7 Å². The molecule has 37 heavy (non-hydrogen) atoms. The number of halogens is 5. The van der Waals surface area contributed by atoms with Gasteiger partial charge in [-0.05, 0) is 54.1 Å². The van der Waals surface area contributed by atoms with Crippen molar-refractivity contribution in [1.82, 2.24) is 5.43 Å². The van der Waals surface area contributed by atoms with Crippen molar-refractivity contribution >= 4 is 119 Å². The maximum Gasteiger partial charge on any atom is 0.355 e. The number of rotatable bonds is 5. The van der Waals surface area contributed by atoms with E-state index in [9.17, 15) is 9.59 Å². The number of esters is 1. The van der Waals surface area contributed by atoms with E-state index >= 15 is 0 Å². The van der Waals surface area contributed by atoms with Crippen molar-refractivity contribution in [2.24, 2.45) is 5.10 Å². The number of hydrogen-bond donors (Lipinski definition) is 1. The van der Waals surface area contributed by atoms with Gasteiger partial charge in [-0.2, -0.15) is 5.10 Å². The third kappa shape index (κ3) is 5.31. The van der Waals surface area contributed by atoms with Gasteiger partial charge in [-0.1, -0.05) is 64.1 Å². The molecule has 5 rings (SSSR count). The van der Waals surface area contributed by atoms with Crippen LogP contribution in [0.25, 0.3) is 20.2 Å². The van der Waals surface area contributed by atoms with Crippen LogP contribution in [-0.4, -0.2) is 18.1 Å². The first-order valence-corrected chi connectivity index (χ1v) is 13.8. The largest absolute Gasteiger partial charge is 0.422 e. The Morgan fingerprint density at radius 3 is 2.22 bits per heavy atom. The van der Waals surface area contributed by atoms with Crippen LogP contribution in [0.3, 0.4) is 0 Å². The Balaban J connectivity index is 1.25. The maximum atomic E-state index is 12.7. The minimum atomic E-state index is -0.586. The number of nitrogens with one attached hydrogen (secondary N) is 1. The predicted octanol–water partition coefficient (Wildman–Crippen LogP) is 9.37. The Hall–Kier alpha value is -2.36. The number of hydrazone groups is 1. The molecule has 2 aromatic heterocycles. The van der Waals surface area contributed by atoms with Crippen LogP contribution in [0.4, 0.5) is 0 Å². The molecular formula is C25H11Cl5N2O3S2. The van der Waals surface area contributed by atoms with Gasteiger partial charge in [0.2, 0.25) is 0 Å². The number of thiophene rings is 2. The molecule has 1 amide bonds. The lowest BCUT2D eigenvalue weighted by Crippen LogP contribution is -2.16. The first kappa shape index (κ1) is 26.3. The molecule has 0 unspecified atom stereocenters. The van der Waals surface area contributed by atoms with Crippen LogP contribution >= 0.6 is 80.7 Å². The summed E-state index contributed by atoms with van der Waals surface area (Å²) in [6.07, 6.45) is 1.44. The zero-order valence-electron chi connectivity index (χ0n) is 18.2. The third-order valence-electron chi connectivity index (χ3n) is 5.12. The average molecular weight is 629 g/mol. The summed E-state index contributed by atoms with van der Waals surface area (Å²) in [7, 11) is 0. The summed E-state index contributed by atoms with van der Waals surface area (Å²) in [4.78, 5) is 25.8. The molecule has 3 aromatic carbocycles. The first-order chi connectivity index (χ1) is 17.7. The smallest absolute Gasteiger partial charge is 0.355 e. The topological polar surface area (TPSA) is 67.8 Å². The van der Waals surface area contributed by atoms with Crippen LogP contribution < -0.4 is 10.2 Å². The molecule has 0 fully saturated rings. The summed E-state index contributed by atoms with van der Waals surface area (Å²) in [6.45, 7) is 0.